The van der Waals surface area contributed by atoms with Gasteiger partial charge in [0, 0.05) is 32.5 Å². The van der Waals surface area contributed by atoms with Gasteiger partial charge in [-0.05, 0) is 44.6 Å². The first-order valence-electron chi connectivity index (χ1n) is 8.98. The van der Waals surface area contributed by atoms with Gasteiger partial charge in [0.2, 0.25) is 17.7 Å². The summed E-state index contributed by atoms with van der Waals surface area (Å²) in [5, 5.41) is 11.4. The minimum absolute atomic E-state index is 0.0765. The van der Waals surface area contributed by atoms with Gasteiger partial charge in [0.15, 0.2) is 0 Å². The monoisotopic (exact) mass is 318 g/mol. The van der Waals surface area contributed by atoms with E-state index in [1.165, 1.54) is 25.7 Å². The van der Waals surface area contributed by atoms with E-state index in [1.807, 2.05) is 0 Å². The number of nitrogens with one attached hydrogen (secondary N) is 1. The molecular weight excluding hydrogens is 292 g/mol. The highest BCUT2D eigenvalue weighted by atomic mass is 16.4. The number of carbonyl (C=O) groups excluding carboxylic acids is 1. The quantitative estimate of drug-likeness (QED) is 0.866. The number of hydrogen-bond acceptors (Lipinski definition) is 5. The lowest BCUT2D eigenvalue weighted by Gasteiger charge is -2.24. The molecule has 2 saturated carbocycles. The Hall–Kier alpha value is -1.43. The van der Waals surface area contributed by atoms with E-state index >= 15 is 0 Å². The summed E-state index contributed by atoms with van der Waals surface area (Å²) in [6.07, 6.45) is 7.60. The Labute approximate surface area is 137 Å². The third-order valence-corrected chi connectivity index (χ3v) is 5.89. The maximum Gasteiger partial charge on any atom is 0.224 e. The van der Waals surface area contributed by atoms with Crippen molar-refractivity contribution in [3.05, 3.63) is 11.8 Å². The zero-order valence-corrected chi connectivity index (χ0v) is 13.9. The van der Waals surface area contributed by atoms with Crippen LogP contribution in [0.4, 0.5) is 0 Å². The Morgan fingerprint density at radius 3 is 3.04 bits per heavy atom. The smallest absolute Gasteiger partial charge is 0.224 e. The SMILES string of the molecule is CNC(=O)CCCN1C[C@@H]2CCC[C@]2(c2nnc(C3CC3)o2)C1. The molecule has 0 bridgehead atoms. The third-order valence-electron chi connectivity index (χ3n) is 5.89. The lowest BCUT2D eigenvalue weighted by molar-refractivity contribution is -0.120. The summed E-state index contributed by atoms with van der Waals surface area (Å²) in [5.41, 5.74) is 0.0765. The maximum absolute atomic E-state index is 11.4. The molecule has 3 fully saturated rings. The minimum Gasteiger partial charge on any atom is -0.424 e. The van der Waals surface area contributed by atoms with Crippen LogP contribution < -0.4 is 5.32 Å². The summed E-state index contributed by atoms with van der Waals surface area (Å²) in [6, 6.07) is 0. The maximum atomic E-state index is 11.4. The molecule has 2 aliphatic carbocycles. The molecule has 0 aromatic carbocycles. The molecule has 1 N–H and O–H groups in total. The van der Waals surface area contributed by atoms with Crippen LogP contribution in [0.5, 0.6) is 0 Å². The second-order valence-corrected chi connectivity index (χ2v) is 7.48. The molecule has 3 aliphatic rings. The highest BCUT2D eigenvalue weighted by Crippen LogP contribution is 2.51. The van der Waals surface area contributed by atoms with Gasteiger partial charge in [0.05, 0.1) is 5.41 Å². The second-order valence-electron chi connectivity index (χ2n) is 7.48. The predicted molar refractivity (Wildman–Crippen MR) is 85.0 cm³/mol. The van der Waals surface area contributed by atoms with Crippen molar-refractivity contribution in [1.29, 1.82) is 0 Å². The van der Waals surface area contributed by atoms with Gasteiger partial charge in [-0.3, -0.25) is 4.79 Å². The van der Waals surface area contributed by atoms with E-state index in [0.717, 1.165) is 44.3 Å². The molecule has 0 radical (unpaired) electrons. The Morgan fingerprint density at radius 2 is 2.26 bits per heavy atom. The highest BCUT2D eigenvalue weighted by molar-refractivity contribution is 5.75. The molecule has 2 atom stereocenters. The van der Waals surface area contributed by atoms with Gasteiger partial charge >= 0.3 is 0 Å². The van der Waals surface area contributed by atoms with E-state index in [9.17, 15) is 4.79 Å². The fourth-order valence-electron chi connectivity index (χ4n) is 4.43. The Morgan fingerprint density at radius 1 is 1.39 bits per heavy atom. The van der Waals surface area contributed by atoms with Gasteiger partial charge < -0.3 is 14.6 Å². The van der Waals surface area contributed by atoms with Crippen molar-refractivity contribution < 1.29 is 9.21 Å². The molecule has 23 heavy (non-hydrogen) atoms. The highest BCUT2D eigenvalue weighted by Gasteiger charge is 2.54. The van der Waals surface area contributed by atoms with Crippen LogP contribution in [0, 0.1) is 5.92 Å². The Kier molecular flexibility index (Phi) is 3.87. The van der Waals surface area contributed by atoms with Crippen LogP contribution in [0.3, 0.4) is 0 Å². The van der Waals surface area contributed by atoms with Crippen LogP contribution in [0.1, 0.15) is 62.6 Å². The molecule has 0 unspecified atom stereocenters. The van der Waals surface area contributed by atoms with Gasteiger partial charge in [-0.2, -0.15) is 0 Å². The number of rotatable bonds is 6. The topological polar surface area (TPSA) is 71.3 Å². The zero-order valence-electron chi connectivity index (χ0n) is 13.9. The van der Waals surface area contributed by atoms with Crippen molar-refractivity contribution in [1.82, 2.24) is 20.4 Å². The van der Waals surface area contributed by atoms with Crippen LogP contribution in [0.15, 0.2) is 4.42 Å². The first-order chi connectivity index (χ1) is 11.2. The van der Waals surface area contributed by atoms with Crippen LogP contribution in [-0.4, -0.2) is 47.7 Å². The zero-order chi connectivity index (χ0) is 15.9. The van der Waals surface area contributed by atoms with Crippen molar-refractivity contribution in [2.75, 3.05) is 26.7 Å². The van der Waals surface area contributed by atoms with Crippen molar-refractivity contribution >= 4 is 5.91 Å². The molecular formula is C17H26N4O2. The molecule has 6 nitrogen and oxygen atoms in total. The average Bonchev–Trinajstić information content (AvgIpc) is 2.98. The van der Waals surface area contributed by atoms with Gasteiger partial charge in [-0.15, -0.1) is 10.2 Å². The van der Waals surface area contributed by atoms with E-state index in [0.29, 0.717) is 18.3 Å². The standard InChI is InChI=1S/C17H26N4O2/c1-18-14(22)5-3-9-21-10-13-4-2-8-17(13,11-21)16-20-19-15(23-16)12-6-7-12/h12-13H,2-11H2,1H3,(H,18,22)/t13-,17-/m0/s1. The first-order valence-corrected chi connectivity index (χ1v) is 8.98. The molecule has 126 valence electrons. The summed E-state index contributed by atoms with van der Waals surface area (Å²) >= 11 is 0. The average molecular weight is 318 g/mol. The molecule has 6 heteroatoms. The van der Waals surface area contributed by atoms with E-state index in [-0.39, 0.29) is 11.3 Å². The minimum atomic E-state index is 0.0765. The van der Waals surface area contributed by atoms with Crippen LogP contribution in [0.25, 0.3) is 0 Å². The summed E-state index contributed by atoms with van der Waals surface area (Å²) < 4.78 is 6.09. The molecule has 1 saturated heterocycles. The second kappa shape index (κ2) is 5.89. The fraction of sp³-hybridized carbons (Fsp3) is 0.824. The summed E-state index contributed by atoms with van der Waals surface area (Å²) in [4.78, 5) is 13.9. The predicted octanol–water partition coefficient (Wildman–Crippen LogP) is 1.83. The molecule has 4 rings (SSSR count). The summed E-state index contributed by atoms with van der Waals surface area (Å²) in [7, 11) is 1.70. The van der Waals surface area contributed by atoms with Crippen molar-refractivity contribution in [3.63, 3.8) is 0 Å². The van der Waals surface area contributed by atoms with Gasteiger partial charge in [0.25, 0.3) is 0 Å². The number of nitrogens with zero attached hydrogens (tertiary/aromatic N) is 3. The molecule has 1 aliphatic heterocycles. The number of hydrogen-bond donors (Lipinski definition) is 1. The lowest BCUT2D eigenvalue weighted by atomic mass is 9.80. The van der Waals surface area contributed by atoms with E-state index in [4.69, 9.17) is 4.42 Å². The number of carbonyl (C=O) groups is 1. The number of aromatic nitrogens is 2. The normalized spacial score (nSPS) is 30.6. The largest absolute Gasteiger partial charge is 0.424 e. The fourth-order valence-corrected chi connectivity index (χ4v) is 4.43. The first kappa shape index (κ1) is 15.1. The van der Waals surface area contributed by atoms with E-state index in [2.05, 4.69) is 20.4 Å². The summed E-state index contributed by atoms with van der Waals surface area (Å²) in [5.74, 6) is 3.03. The van der Waals surface area contributed by atoms with Crippen molar-refractivity contribution in [3.8, 4) is 0 Å². The van der Waals surface area contributed by atoms with Crippen molar-refractivity contribution in [2.24, 2.45) is 5.92 Å². The third kappa shape index (κ3) is 2.77. The van der Waals surface area contributed by atoms with Crippen LogP contribution in [0.2, 0.25) is 0 Å². The molecule has 1 amide bonds. The van der Waals surface area contributed by atoms with Crippen molar-refractivity contribution in [2.45, 2.75) is 56.3 Å². The summed E-state index contributed by atoms with van der Waals surface area (Å²) in [6.45, 7) is 3.10. The lowest BCUT2D eigenvalue weighted by Crippen LogP contribution is -2.33. The molecule has 1 aromatic rings. The molecule has 0 spiro atoms. The molecule has 1 aromatic heterocycles. The Balaban J connectivity index is 1.43. The van der Waals surface area contributed by atoms with Crippen LogP contribution >= 0.6 is 0 Å². The Bertz CT molecular complexity index is 583. The number of amides is 1. The van der Waals surface area contributed by atoms with Gasteiger partial charge in [-0.1, -0.05) is 6.42 Å². The van der Waals surface area contributed by atoms with Gasteiger partial charge in [-0.25, -0.2) is 0 Å². The number of fused-ring (bicyclic) bond motifs is 1. The van der Waals surface area contributed by atoms with Crippen LogP contribution in [-0.2, 0) is 10.2 Å². The van der Waals surface area contributed by atoms with Gasteiger partial charge in [0.1, 0.15) is 0 Å². The van der Waals surface area contributed by atoms with E-state index in [1.54, 1.807) is 7.05 Å². The molecule has 2 heterocycles. The van der Waals surface area contributed by atoms with E-state index < -0.39 is 0 Å². The number of likely N-dealkylation sites (tertiary alicyclic amines) is 1.